The van der Waals surface area contributed by atoms with E-state index in [1.54, 1.807) is 25.3 Å². The summed E-state index contributed by atoms with van der Waals surface area (Å²) < 4.78 is 15.7. The highest BCUT2D eigenvalue weighted by atomic mass is 35.5. The standard InChI is InChI=1S/C19H17ClN2O4/c1-24-12-6-4-5-11(7-12)8-14(20)18-21-15-10-17(26-3)16(25-2)9-13(15)19(23)22-18/h4-10H,1-3H3,(H,21,22,23). The van der Waals surface area contributed by atoms with E-state index >= 15 is 0 Å². The molecule has 6 nitrogen and oxygen atoms in total. The molecule has 0 aliphatic carbocycles. The Morgan fingerprint density at radius 2 is 1.81 bits per heavy atom. The fourth-order valence-corrected chi connectivity index (χ4v) is 2.74. The number of methoxy groups -OCH3 is 3. The fraction of sp³-hybridized carbons (Fsp3) is 0.158. The Labute approximate surface area is 155 Å². The monoisotopic (exact) mass is 372 g/mol. The van der Waals surface area contributed by atoms with Crippen molar-refractivity contribution in [2.75, 3.05) is 21.3 Å². The van der Waals surface area contributed by atoms with Gasteiger partial charge in [-0.2, -0.15) is 0 Å². The van der Waals surface area contributed by atoms with Crippen LogP contribution in [-0.4, -0.2) is 31.3 Å². The molecule has 3 aromatic rings. The molecule has 0 unspecified atom stereocenters. The second kappa shape index (κ2) is 7.49. The largest absolute Gasteiger partial charge is 0.497 e. The zero-order chi connectivity index (χ0) is 18.7. The topological polar surface area (TPSA) is 73.4 Å². The second-order valence-corrected chi connectivity index (χ2v) is 5.81. The number of halogens is 1. The Hall–Kier alpha value is -2.99. The number of hydrogen-bond donors (Lipinski definition) is 1. The Bertz CT molecular complexity index is 1040. The first-order chi connectivity index (χ1) is 12.5. The molecule has 0 saturated carbocycles. The minimum absolute atomic E-state index is 0.263. The number of aromatic amines is 1. The molecule has 0 saturated heterocycles. The van der Waals surface area contributed by atoms with E-state index < -0.39 is 0 Å². The Balaban J connectivity index is 2.09. The Morgan fingerprint density at radius 1 is 1.08 bits per heavy atom. The first kappa shape index (κ1) is 17.8. The van der Waals surface area contributed by atoms with Crippen LogP contribution in [0.25, 0.3) is 22.0 Å². The molecule has 2 aromatic carbocycles. The highest BCUT2D eigenvalue weighted by Gasteiger charge is 2.12. The van der Waals surface area contributed by atoms with Crippen molar-refractivity contribution in [3.8, 4) is 17.2 Å². The van der Waals surface area contributed by atoms with Crippen molar-refractivity contribution in [2.45, 2.75) is 0 Å². The van der Waals surface area contributed by atoms with Gasteiger partial charge in [0.15, 0.2) is 17.3 Å². The van der Waals surface area contributed by atoms with Crippen LogP contribution in [0.1, 0.15) is 11.4 Å². The average Bonchev–Trinajstić information content (AvgIpc) is 2.66. The van der Waals surface area contributed by atoms with Gasteiger partial charge in [0, 0.05) is 6.07 Å². The first-order valence-electron chi connectivity index (χ1n) is 7.73. The normalized spacial score (nSPS) is 11.5. The molecular weight excluding hydrogens is 356 g/mol. The number of nitrogens with one attached hydrogen (secondary N) is 1. The molecule has 1 aromatic heterocycles. The summed E-state index contributed by atoms with van der Waals surface area (Å²) in [4.78, 5) is 19.6. The van der Waals surface area contributed by atoms with Crippen LogP contribution >= 0.6 is 11.6 Å². The lowest BCUT2D eigenvalue weighted by atomic mass is 10.2. The number of H-pyrrole nitrogens is 1. The summed E-state index contributed by atoms with van der Waals surface area (Å²) in [6, 6.07) is 10.6. The highest BCUT2D eigenvalue weighted by molar-refractivity contribution is 6.50. The van der Waals surface area contributed by atoms with Gasteiger partial charge in [0.1, 0.15) is 5.75 Å². The molecule has 1 N–H and O–H groups in total. The van der Waals surface area contributed by atoms with Crippen LogP contribution in [0.4, 0.5) is 0 Å². The van der Waals surface area contributed by atoms with Gasteiger partial charge < -0.3 is 19.2 Å². The third kappa shape index (κ3) is 3.50. The lowest BCUT2D eigenvalue weighted by Crippen LogP contribution is -2.11. The van der Waals surface area contributed by atoms with Gasteiger partial charge in [-0.15, -0.1) is 0 Å². The lowest BCUT2D eigenvalue weighted by Gasteiger charge is -2.09. The molecular formula is C19H17ClN2O4. The van der Waals surface area contributed by atoms with E-state index in [1.807, 2.05) is 24.3 Å². The van der Waals surface area contributed by atoms with Crippen LogP contribution in [0.15, 0.2) is 41.2 Å². The van der Waals surface area contributed by atoms with Crippen molar-refractivity contribution < 1.29 is 14.2 Å². The summed E-state index contributed by atoms with van der Waals surface area (Å²) in [5.41, 5.74) is 0.964. The minimum Gasteiger partial charge on any atom is -0.497 e. The molecule has 3 rings (SSSR count). The van der Waals surface area contributed by atoms with E-state index in [2.05, 4.69) is 9.97 Å². The maximum atomic E-state index is 12.4. The first-order valence-corrected chi connectivity index (χ1v) is 8.11. The SMILES string of the molecule is COc1cccc(C=C(Cl)c2nc3cc(OC)c(OC)cc3c(=O)[nH]2)c1. The predicted octanol–water partition coefficient (Wildman–Crippen LogP) is 3.69. The van der Waals surface area contributed by atoms with Gasteiger partial charge in [-0.05, 0) is 29.8 Å². The lowest BCUT2D eigenvalue weighted by molar-refractivity contribution is 0.355. The van der Waals surface area contributed by atoms with Crippen LogP contribution in [0.5, 0.6) is 17.2 Å². The van der Waals surface area contributed by atoms with Crippen molar-refractivity contribution >= 4 is 33.6 Å². The second-order valence-electron chi connectivity index (χ2n) is 5.41. The van der Waals surface area contributed by atoms with Gasteiger partial charge >= 0.3 is 0 Å². The Morgan fingerprint density at radius 3 is 2.50 bits per heavy atom. The van der Waals surface area contributed by atoms with Gasteiger partial charge in [0.25, 0.3) is 5.56 Å². The van der Waals surface area contributed by atoms with E-state index in [9.17, 15) is 4.79 Å². The fourth-order valence-electron chi connectivity index (χ4n) is 2.52. The van der Waals surface area contributed by atoms with Gasteiger partial charge in [0.2, 0.25) is 0 Å². The third-order valence-corrected chi connectivity index (χ3v) is 4.11. The number of rotatable bonds is 5. The van der Waals surface area contributed by atoms with Gasteiger partial charge in [-0.3, -0.25) is 4.79 Å². The summed E-state index contributed by atoms with van der Waals surface area (Å²) >= 11 is 6.37. The minimum atomic E-state index is -0.317. The molecule has 7 heteroatoms. The molecule has 0 bridgehead atoms. The molecule has 0 amide bonds. The average molecular weight is 373 g/mol. The number of nitrogens with zero attached hydrogens (tertiary/aromatic N) is 1. The number of aromatic nitrogens is 2. The van der Waals surface area contributed by atoms with Crippen LogP contribution < -0.4 is 19.8 Å². The van der Waals surface area contributed by atoms with Crippen molar-refractivity contribution in [1.29, 1.82) is 0 Å². The van der Waals surface area contributed by atoms with Crippen molar-refractivity contribution in [3.63, 3.8) is 0 Å². The van der Waals surface area contributed by atoms with Crippen molar-refractivity contribution in [3.05, 3.63) is 58.1 Å². The molecule has 0 spiro atoms. The van der Waals surface area contributed by atoms with E-state index in [1.165, 1.54) is 14.2 Å². The van der Waals surface area contributed by atoms with E-state index in [-0.39, 0.29) is 11.4 Å². The van der Waals surface area contributed by atoms with Crippen molar-refractivity contribution in [2.24, 2.45) is 0 Å². The number of hydrogen-bond acceptors (Lipinski definition) is 5. The zero-order valence-corrected chi connectivity index (χ0v) is 15.3. The Kier molecular flexibility index (Phi) is 5.14. The van der Waals surface area contributed by atoms with Crippen LogP contribution in [0.3, 0.4) is 0 Å². The summed E-state index contributed by atoms with van der Waals surface area (Å²) in [5.74, 6) is 1.91. The quantitative estimate of drug-likeness (QED) is 0.739. The van der Waals surface area contributed by atoms with Crippen LogP contribution in [-0.2, 0) is 0 Å². The van der Waals surface area contributed by atoms with E-state index in [4.69, 9.17) is 25.8 Å². The maximum Gasteiger partial charge on any atom is 0.259 e. The summed E-state index contributed by atoms with van der Waals surface area (Å²) in [5, 5.41) is 0.685. The van der Waals surface area contributed by atoms with Crippen LogP contribution in [0, 0.1) is 0 Å². The third-order valence-electron chi connectivity index (χ3n) is 3.82. The molecule has 26 heavy (non-hydrogen) atoms. The summed E-state index contributed by atoms with van der Waals surface area (Å²) in [6.07, 6.45) is 1.70. The predicted molar refractivity (Wildman–Crippen MR) is 102 cm³/mol. The maximum absolute atomic E-state index is 12.4. The number of ether oxygens (including phenoxy) is 3. The van der Waals surface area contributed by atoms with E-state index in [0.717, 1.165) is 5.56 Å². The smallest absolute Gasteiger partial charge is 0.259 e. The number of fused-ring (bicyclic) bond motifs is 1. The zero-order valence-electron chi connectivity index (χ0n) is 14.5. The molecule has 0 aliphatic heterocycles. The highest BCUT2D eigenvalue weighted by Crippen LogP contribution is 2.30. The van der Waals surface area contributed by atoms with Gasteiger partial charge in [-0.25, -0.2) is 4.98 Å². The van der Waals surface area contributed by atoms with Gasteiger partial charge in [-0.1, -0.05) is 23.7 Å². The van der Waals surface area contributed by atoms with Gasteiger partial charge in [0.05, 0.1) is 37.3 Å². The molecule has 0 fully saturated rings. The summed E-state index contributed by atoms with van der Waals surface area (Å²) in [7, 11) is 4.62. The molecule has 0 radical (unpaired) electrons. The molecule has 1 heterocycles. The van der Waals surface area contributed by atoms with Crippen LogP contribution in [0.2, 0.25) is 0 Å². The number of benzene rings is 2. The molecule has 0 atom stereocenters. The molecule has 134 valence electrons. The summed E-state index contributed by atoms with van der Waals surface area (Å²) in [6.45, 7) is 0. The van der Waals surface area contributed by atoms with E-state index in [0.29, 0.717) is 33.2 Å². The molecule has 0 aliphatic rings. The van der Waals surface area contributed by atoms with Crippen molar-refractivity contribution in [1.82, 2.24) is 9.97 Å².